The molecular weight excluding hydrogens is 1750 g/mol. The van der Waals surface area contributed by atoms with Crippen molar-refractivity contribution < 1.29 is 84.8 Å². The number of rotatable bonds is 15. The minimum atomic E-state index is -1.00. The topological polar surface area (TPSA) is 290 Å². The number of benzene rings is 12. The number of anilines is 3. The molecular formula is C109H106BrFN11NaO10. The van der Waals surface area contributed by atoms with E-state index in [9.17, 15) is 33.8 Å². The Morgan fingerprint density at radius 1 is 0.323 bits per heavy atom. The van der Waals surface area contributed by atoms with Gasteiger partial charge >= 0.3 is 53.4 Å². The van der Waals surface area contributed by atoms with E-state index in [2.05, 4.69) is 174 Å². The minimum absolute atomic E-state index is 0. The molecule has 16 aromatic rings. The van der Waals surface area contributed by atoms with Crippen LogP contribution in [0.2, 0.25) is 0 Å². The predicted octanol–water partition coefficient (Wildman–Crippen LogP) is 20.8. The van der Waals surface area contributed by atoms with Crippen molar-refractivity contribution in [1.29, 1.82) is 0 Å². The summed E-state index contributed by atoms with van der Waals surface area (Å²) in [7, 11) is 2.74. The number of halogens is 2. The Morgan fingerprint density at radius 2 is 0.549 bits per heavy atom. The number of aliphatic hydroxyl groups excluding tert-OH is 1. The first-order valence-corrected chi connectivity index (χ1v) is 45.0. The molecule has 12 aromatic carbocycles. The third kappa shape index (κ3) is 25.3. The van der Waals surface area contributed by atoms with Crippen LogP contribution in [-0.2, 0) is 9.47 Å². The average Bonchev–Trinajstić information content (AvgIpc) is 0.782. The number of hydrogen-bond donors (Lipinski definition) is 3. The van der Waals surface area contributed by atoms with Gasteiger partial charge in [-0.25, -0.2) is 59.0 Å². The van der Waals surface area contributed by atoms with Crippen LogP contribution in [0.15, 0.2) is 320 Å². The summed E-state index contributed by atoms with van der Waals surface area (Å²) in [6, 6.07) is 104. The number of nitrogens with zero attached hydrogens (tertiary/aromatic N) is 11. The predicted molar refractivity (Wildman–Crippen MR) is 525 cm³/mol. The molecule has 4 aliphatic rings. The van der Waals surface area contributed by atoms with Gasteiger partial charge in [0, 0.05) is 68.6 Å². The van der Waals surface area contributed by atoms with E-state index in [0.29, 0.717) is 66.6 Å². The molecule has 672 valence electrons. The molecule has 24 heteroatoms. The molecule has 21 nitrogen and oxygen atoms in total. The van der Waals surface area contributed by atoms with Crippen molar-refractivity contribution in [3.8, 4) is 45.0 Å². The number of ether oxygens (including phenoxy) is 2. The third-order valence-corrected chi connectivity index (χ3v) is 24.7. The van der Waals surface area contributed by atoms with E-state index in [4.69, 9.17) is 45.9 Å². The molecule has 133 heavy (non-hydrogen) atoms. The van der Waals surface area contributed by atoms with Gasteiger partial charge in [0.1, 0.15) is 27.4 Å². The normalized spacial score (nSPS) is 13.9. The number of aromatic nitrogens is 8. The molecule has 20 rings (SSSR count). The molecule has 4 aromatic heterocycles. The Balaban J connectivity index is 0.000000152. The second kappa shape index (κ2) is 49.2. The average molecular weight is 1850 g/mol. The number of esters is 2. The number of carboxylic acids is 2. The van der Waals surface area contributed by atoms with E-state index < -0.39 is 19.1 Å². The number of alkyl halides is 1. The van der Waals surface area contributed by atoms with Gasteiger partial charge in [-0.05, 0) is 186 Å². The second-order valence-electron chi connectivity index (χ2n) is 32.2. The summed E-state index contributed by atoms with van der Waals surface area (Å²) in [5.74, 6) is 2.37. The van der Waals surface area contributed by atoms with Crippen LogP contribution < -0.4 is 44.3 Å². The Labute approximate surface area is 806 Å². The van der Waals surface area contributed by atoms with Crippen LogP contribution in [0.5, 0.6) is 0 Å². The standard InChI is InChI=1S/C27H25N3O2.2C26H23N3O2.C16H11BrN2O2.C12H16.CH3F.CH4O.Na.H2O/c1-32-27(31)22-12-13-23-24(18-22)29-26(25(28-23)21-10-6-3-7-11-21)30-16-14-20(15-17-30)19-8-4-2-5-9-19;2*30-26(31)21-11-12-22-23(17-21)28-25(24(27-22)20-9-5-2-6-10-20)29-15-13-19(14-16-29)18-7-3-1-4-8-18;1-21-16(20)11-7-8-12-13(9-11)19-15(17)14(18-12)10-5-3-2-4-6-10;1-3-7-11(8-4-1)12-9-5-2-6-10-12;2*1-2;;/h2-13,18,20H,14-17H2,1H3;2*1-12,17,19H,13-16H2,(H,30,31);2-9H,1H3;1,3-4,7-8,12H,2,5-6,9-10H2;1H3;2H,1H3;;1H2/q;;;;;;;+1;/p-1/i;;;;;1D;;;. The number of fused-ring (bicyclic) bond motifs is 4. The fourth-order valence-corrected chi connectivity index (χ4v) is 17.9. The molecule has 0 unspecified atom stereocenters. The van der Waals surface area contributed by atoms with Crippen LogP contribution in [-0.4, -0.2) is 152 Å². The molecule has 1 saturated carbocycles. The number of aromatic carboxylic acids is 2. The van der Waals surface area contributed by atoms with Crippen LogP contribution in [0, 0.1) is 0 Å². The number of methoxy groups -OCH3 is 2. The summed E-state index contributed by atoms with van der Waals surface area (Å²) in [6.07, 6.45) is 13.5. The summed E-state index contributed by atoms with van der Waals surface area (Å²) >= 11 is 3.44. The van der Waals surface area contributed by atoms with Gasteiger partial charge in [0.15, 0.2) is 17.5 Å². The van der Waals surface area contributed by atoms with Crippen molar-refractivity contribution >= 4 is 101 Å². The quantitative estimate of drug-likeness (QED) is 0.0635. The molecule has 0 amide bonds. The maximum Gasteiger partial charge on any atom is 1.00 e. The van der Waals surface area contributed by atoms with Crippen molar-refractivity contribution in [3.63, 3.8) is 0 Å². The van der Waals surface area contributed by atoms with E-state index in [1.807, 2.05) is 115 Å². The van der Waals surface area contributed by atoms with Crippen molar-refractivity contribution in [2.45, 2.75) is 94.3 Å². The van der Waals surface area contributed by atoms with Gasteiger partial charge in [-0.3, -0.25) is 4.39 Å². The van der Waals surface area contributed by atoms with Gasteiger partial charge in [-0.1, -0.05) is 262 Å². The van der Waals surface area contributed by atoms with E-state index in [1.54, 1.807) is 72.3 Å². The van der Waals surface area contributed by atoms with Crippen LogP contribution in [0.1, 0.15) is 159 Å². The fourth-order valence-electron chi connectivity index (χ4n) is 17.3. The monoisotopic (exact) mass is 1850 g/mol. The number of carbonyl (C=O) groups is 4. The molecule has 0 bridgehead atoms. The van der Waals surface area contributed by atoms with Gasteiger partial charge in [-0.15, -0.1) is 0 Å². The van der Waals surface area contributed by atoms with E-state index in [1.165, 1.54) is 63.0 Å². The molecule has 4 N–H and O–H groups in total. The first kappa shape index (κ1) is 97.1. The zero-order valence-corrected chi connectivity index (χ0v) is 78.6. The molecule has 1 aliphatic carbocycles. The SMILES string of the molecule is CO.COC(=O)c1ccc2nc(-c3ccccc3)c(Br)nc2c1.COC(=O)c1ccc2nc(-c3ccccc3)c(N3CCC(c4ccccc4)CC3)nc2c1.O=C(O)c1ccc2nc(-c3ccccc3)c(N3CCC(c4ccccc4)CC3)nc2c1.O=C(O)c1ccc2nc(-c3ccccc3)c(N3CCC(c4ccccc4)CC3)nc2c1.[2H]CF.[Na+].[OH-].c1ccc(C2CCCCC2)cc1. The van der Waals surface area contributed by atoms with Crippen LogP contribution in [0.25, 0.3) is 89.2 Å². The Kier molecular flexibility index (Phi) is 35.9. The largest absolute Gasteiger partial charge is 1.00 e. The number of aliphatic hydroxyl groups is 1. The number of carboxylic acid groups (broad SMARTS) is 2. The molecule has 4 fully saturated rings. The molecule has 0 spiro atoms. The van der Waals surface area contributed by atoms with Crippen LogP contribution >= 0.6 is 15.9 Å². The van der Waals surface area contributed by atoms with Crippen molar-refractivity contribution in [2.24, 2.45) is 0 Å². The van der Waals surface area contributed by atoms with Gasteiger partial charge in [0.05, 0.1) is 89.1 Å². The van der Waals surface area contributed by atoms with E-state index >= 15 is 0 Å². The summed E-state index contributed by atoms with van der Waals surface area (Å²) in [6.45, 7) is 5.37. The summed E-state index contributed by atoms with van der Waals surface area (Å²) in [4.78, 5) is 92.0. The number of carbonyl (C=O) groups excluding carboxylic acids is 2. The smallest absolute Gasteiger partial charge is 0.870 e. The van der Waals surface area contributed by atoms with Gasteiger partial charge < -0.3 is 45.0 Å². The van der Waals surface area contributed by atoms with Crippen LogP contribution in [0.4, 0.5) is 21.8 Å². The molecule has 3 aliphatic heterocycles. The van der Waals surface area contributed by atoms with E-state index in [0.717, 1.165) is 164 Å². The van der Waals surface area contributed by atoms with E-state index in [-0.39, 0.29) is 58.1 Å². The van der Waals surface area contributed by atoms with Gasteiger partial charge in [0.25, 0.3) is 0 Å². The second-order valence-corrected chi connectivity index (χ2v) is 32.9. The minimum Gasteiger partial charge on any atom is -0.870 e. The Morgan fingerprint density at radius 3 is 0.812 bits per heavy atom. The molecule has 3 saturated heterocycles. The number of hydrogen-bond acceptors (Lipinski definition) is 19. The first-order chi connectivity index (χ1) is 64.7. The fraction of sp³-hybridized carbons (Fsp3) is 0.229. The van der Waals surface area contributed by atoms with Crippen molar-refractivity contribution in [3.05, 3.63) is 365 Å². The van der Waals surface area contributed by atoms with Gasteiger partial charge in [-0.2, -0.15) is 0 Å². The molecule has 0 radical (unpaired) electrons. The summed E-state index contributed by atoms with van der Waals surface area (Å²) in [5.41, 5.74) is 20.0. The third-order valence-electron chi connectivity index (χ3n) is 24.2. The number of piperidine rings is 3. The Hall–Kier alpha value is -13.4. The maximum atomic E-state index is 12.0. The molecule has 0 atom stereocenters. The Bertz CT molecular complexity index is 6310. The zero-order chi connectivity index (χ0) is 92.1. The molecule has 7 heterocycles. The summed E-state index contributed by atoms with van der Waals surface area (Å²) < 4.78 is 25.7. The summed E-state index contributed by atoms with van der Waals surface area (Å²) in [5, 5.41) is 25.7. The first-order valence-electron chi connectivity index (χ1n) is 44.9. The van der Waals surface area contributed by atoms with Crippen molar-refractivity contribution in [2.75, 3.05) is 82.5 Å². The van der Waals surface area contributed by atoms with Crippen LogP contribution in [0.3, 0.4) is 0 Å². The van der Waals surface area contributed by atoms with Crippen molar-refractivity contribution in [1.82, 2.24) is 39.9 Å². The van der Waals surface area contributed by atoms with Gasteiger partial charge in [0.2, 0.25) is 0 Å². The maximum absolute atomic E-state index is 12.0. The zero-order valence-electron chi connectivity index (χ0n) is 76.0.